The highest BCUT2D eigenvalue weighted by Gasteiger charge is 2.01. The molecule has 0 spiro atoms. The highest BCUT2D eigenvalue weighted by Crippen LogP contribution is 2.02. The first-order chi connectivity index (χ1) is 8.13. The number of nitrogens with two attached hydrogens (primary N) is 1. The molecule has 1 aromatic rings. The molecule has 17 heavy (non-hydrogen) atoms. The predicted octanol–water partition coefficient (Wildman–Crippen LogP) is 1.38. The van der Waals surface area contributed by atoms with E-state index in [1.165, 1.54) is 0 Å². The van der Waals surface area contributed by atoms with Gasteiger partial charge < -0.3 is 5.73 Å². The standard InChI is InChI=1S/C11H17N5S/c1-3-4-5-9-6-14-10(7-13-9)8(2)15-16-11(12)17/h6-7H,3-5H2,1-2H3,(H3,12,16,17)/b15-8+. The van der Waals surface area contributed by atoms with Crippen molar-refractivity contribution in [2.75, 3.05) is 0 Å². The lowest BCUT2D eigenvalue weighted by Gasteiger charge is -2.02. The van der Waals surface area contributed by atoms with Gasteiger partial charge >= 0.3 is 0 Å². The topological polar surface area (TPSA) is 76.2 Å². The van der Waals surface area contributed by atoms with Crippen LogP contribution in [0.3, 0.4) is 0 Å². The number of aryl methyl sites for hydroxylation is 1. The summed E-state index contributed by atoms with van der Waals surface area (Å²) >= 11 is 4.66. The third kappa shape index (κ3) is 4.86. The second-order valence-corrected chi connectivity index (χ2v) is 4.11. The minimum atomic E-state index is 0.136. The molecule has 1 rings (SSSR count). The van der Waals surface area contributed by atoms with Gasteiger partial charge in [-0.3, -0.25) is 15.4 Å². The van der Waals surface area contributed by atoms with E-state index >= 15 is 0 Å². The Morgan fingerprint density at radius 3 is 2.76 bits per heavy atom. The van der Waals surface area contributed by atoms with Crippen molar-refractivity contribution in [3.05, 3.63) is 23.8 Å². The molecule has 0 bridgehead atoms. The van der Waals surface area contributed by atoms with Crippen LogP contribution in [0.2, 0.25) is 0 Å². The molecular weight excluding hydrogens is 234 g/mol. The number of rotatable bonds is 5. The molecule has 0 saturated heterocycles. The van der Waals surface area contributed by atoms with Gasteiger partial charge in [0.25, 0.3) is 0 Å². The number of hydrogen-bond donors (Lipinski definition) is 2. The maximum atomic E-state index is 5.28. The van der Waals surface area contributed by atoms with E-state index in [9.17, 15) is 0 Å². The molecule has 0 aromatic carbocycles. The molecule has 0 aliphatic rings. The summed E-state index contributed by atoms with van der Waals surface area (Å²) in [7, 11) is 0. The highest BCUT2D eigenvalue weighted by atomic mass is 32.1. The molecular formula is C11H17N5S. The zero-order valence-electron chi connectivity index (χ0n) is 10.1. The number of hydrogen-bond acceptors (Lipinski definition) is 4. The Morgan fingerprint density at radius 1 is 1.47 bits per heavy atom. The second kappa shape index (κ2) is 6.90. The molecule has 6 heteroatoms. The van der Waals surface area contributed by atoms with Gasteiger partial charge in [-0.25, -0.2) is 0 Å². The third-order valence-electron chi connectivity index (χ3n) is 2.20. The average molecular weight is 251 g/mol. The molecule has 5 nitrogen and oxygen atoms in total. The van der Waals surface area contributed by atoms with Crippen LogP contribution in [0, 0.1) is 0 Å². The van der Waals surface area contributed by atoms with Gasteiger partial charge in [0, 0.05) is 6.20 Å². The summed E-state index contributed by atoms with van der Waals surface area (Å²) in [4.78, 5) is 8.62. The van der Waals surface area contributed by atoms with Gasteiger partial charge in [-0.05, 0) is 32.0 Å². The first kappa shape index (κ1) is 13.5. The number of unbranched alkanes of at least 4 members (excludes halogenated alkanes) is 1. The fraction of sp³-hybridized carbons (Fsp3) is 0.455. The van der Waals surface area contributed by atoms with E-state index in [0.717, 1.165) is 25.0 Å². The summed E-state index contributed by atoms with van der Waals surface area (Å²) in [5, 5.41) is 4.12. The van der Waals surface area contributed by atoms with Crippen LogP contribution in [0.5, 0.6) is 0 Å². The van der Waals surface area contributed by atoms with Gasteiger partial charge in [0.2, 0.25) is 0 Å². The van der Waals surface area contributed by atoms with Crippen molar-refractivity contribution >= 4 is 23.0 Å². The molecule has 1 heterocycles. The number of thiocarbonyl (C=S) groups is 1. The van der Waals surface area contributed by atoms with Crippen LogP contribution >= 0.6 is 12.2 Å². The molecule has 0 unspecified atom stereocenters. The Morgan fingerprint density at radius 2 is 2.24 bits per heavy atom. The van der Waals surface area contributed by atoms with E-state index in [1.807, 2.05) is 6.92 Å². The van der Waals surface area contributed by atoms with Crippen molar-refractivity contribution in [3.8, 4) is 0 Å². The molecule has 0 aliphatic heterocycles. The first-order valence-electron chi connectivity index (χ1n) is 5.54. The Kier molecular flexibility index (Phi) is 5.48. The number of nitrogens with zero attached hydrogens (tertiary/aromatic N) is 3. The Bertz CT molecular complexity index is 399. The van der Waals surface area contributed by atoms with Crippen LogP contribution in [0.4, 0.5) is 0 Å². The normalized spacial score (nSPS) is 11.3. The minimum Gasteiger partial charge on any atom is -0.375 e. The molecule has 0 saturated carbocycles. The van der Waals surface area contributed by atoms with Crippen LogP contribution in [0.1, 0.15) is 38.1 Å². The number of nitrogens with one attached hydrogen (secondary N) is 1. The molecule has 0 radical (unpaired) electrons. The summed E-state index contributed by atoms with van der Waals surface area (Å²) in [6.07, 6.45) is 6.74. The molecule has 1 aromatic heterocycles. The van der Waals surface area contributed by atoms with Crippen LogP contribution < -0.4 is 11.2 Å². The first-order valence-corrected chi connectivity index (χ1v) is 5.95. The second-order valence-electron chi connectivity index (χ2n) is 3.67. The Hall–Kier alpha value is -1.56. The van der Waals surface area contributed by atoms with E-state index in [4.69, 9.17) is 5.73 Å². The van der Waals surface area contributed by atoms with E-state index in [-0.39, 0.29) is 5.11 Å². The van der Waals surface area contributed by atoms with Gasteiger partial charge in [-0.15, -0.1) is 0 Å². The quantitative estimate of drug-likeness (QED) is 0.469. The average Bonchev–Trinajstić information content (AvgIpc) is 2.34. The van der Waals surface area contributed by atoms with E-state index in [2.05, 4.69) is 39.6 Å². The zero-order valence-corrected chi connectivity index (χ0v) is 10.9. The predicted molar refractivity (Wildman–Crippen MR) is 72.8 cm³/mol. The smallest absolute Gasteiger partial charge is 0.184 e. The SMILES string of the molecule is CCCCc1cnc(/C(C)=N/NC(N)=S)cn1. The van der Waals surface area contributed by atoms with Gasteiger partial charge in [0.05, 0.1) is 17.6 Å². The maximum Gasteiger partial charge on any atom is 0.184 e. The monoisotopic (exact) mass is 251 g/mol. The summed E-state index contributed by atoms with van der Waals surface area (Å²) in [6, 6.07) is 0. The lowest BCUT2D eigenvalue weighted by Crippen LogP contribution is -2.25. The van der Waals surface area contributed by atoms with E-state index in [1.54, 1.807) is 12.4 Å². The lowest BCUT2D eigenvalue weighted by atomic mass is 10.2. The summed E-state index contributed by atoms with van der Waals surface area (Å²) in [5.74, 6) is 0. The number of hydrazone groups is 1. The molecule has 0 aliphatic carbocycles. The van der Waals surface area contributed by atoms with Gasteiger partial charge in [-0.1, -0.05) is 13.3 Å². The summed E-state index contributed by atoms with van der Waals surface area (Å²) in [6.45, 7) is 3.97. The summed E-state index contributed by atoms with van der Waals surface area (Å²) in [5.41, 5.74) is 10.2. The molecule has 3 N–H and O–H groups in total. The van der Waals surface area contributed by atoms with Gasteiger partial charge in [-0.2, -0.15) is 5.10 Å². The zero-order chi connectivity index (χ0) is 12.7. The maximum absolute atomic E-state index is 5.28. The van der Waals surface area contributed by atoms with Crippen molar-refractivity contribution < 1.29 is 0 Å². The Labute approximate surface area is 107 Å². The fourth-order valence-corrected chi connectivity index (χ4v) is 1.27. The lowest BCUT2D eigenvalue weighted by molar-refractivity contribution is 0.771. The van der Waals surface area contributed by atoms with Crippen molar-refractivity contribution in [2.45, 2.75) is 33.1 Å². The van der Waals surface area contributed by atoms with Crippen LogP contribution in [-0.4, -0.2) is 20.8 Å². The molecule has 0 fully saturated rings. The van der Waals surface area contributed by atoms with Crippen LogP contribution in [-0.2, 0) is 6.42 Å². The molecule has 0 amide bonds. The third-order valence-corrected chi connectivity index (χ3v) is 2.29. The minimum absolute atomic E-state index is 0.136. The van der Waals surface area contributed by atoms with Gasteiger partial charge in [0.1, 0.15) is 5.69 Å². The Balaban J connectivity index is 2.66. The van der Waals surface area contributed by atoms with Crippen molar-refractivity contribution in [1.29, 1.82) is 0 Å². The van der Waals surface area contributed by atoms with Crippen LogP contribution in [0.25, 0.3) is 0 Å². The fourth-order valence-electron chi connectivity index (χ4n) is 1.22. The molecule has 0 atom stereocenters. The highest BCUT2D eigenvalue weighted by molar-refractivity contribution is 7.80. The van der Waals surface area contributed by atoms with Gasteiger partial charge in [0.15, 0.2) is 5.11 Å². The van der Waals surface area contributed by atoms with Crippen molar-refractivity contribution in [1.82, 2.24) is 15.4 Å². The van der Waals surface area contributed by atoms with Crippen molar-refractivity contribution in [2.24, 2.45) is 10.8 Å². The van der Waals surface area contributed by atoms with Crippen molar-refractivity contribution in [3.63, 3.8) is 0 Å². The van der Waals surface area contributed by atoms with Crippen LogP contribution in [0.15, 0.2) is 17.5 Å². The van der Waals surface area contributed by atoms with E-state index < -0.39 is 0 Å². The molecule has 92 valence electrons. The summed E-state index contributed by atoms with van der Waals surface area (Å²) < 4.78 is 0. The number of aromatic nitrogens is 2. The van der Waals surface area contributed by atoms with E-state index in [0.29, 0.717) is 11.4 Å². The largest absolute Gasteiger partial charge is 0.375 e.